The molecule has 1 N–H and O–H groups in total. The highest BCUT2D eigenvalue weighted by Gasteiger charge is 2.20. The van der Waals surface area contributed by atoms with Gasteiger partial charge in [0.05, 0.1) is 0 Å². The van der Waals surface area contributed by atoms with E-state index in [4.69, 9.17) is 4.74 Å². The molecular weight excluding hydrogens is 271 g/mol. The zero-order chi connectivity index (χ0) is 16.0. The van der Waals surface area contributed by atoms with Crippen molar-refractivity contribution in [3.8, 4) is 5.75 Å². The van der Waals surface area contributed by atoms with E-state index in [1.165, 1.54) is 6.07 Å². The molecule has 1 rings (SSSR count). The topological polar surface area (TPSA) is 41.6 Å². The quantitative estimate of drug-likeness (QED) is 0.841. The van der Waals surface area contributed by atoms with E-state index >= 15 is 0 Å². The van der Waals surface area contributed by atoms with E-state index in [9.17, 15) is 9.18 Å². The van der Waals surface area contributed by atoms with Gasteiger partial charge in [-0.25, -0.2) is 4.39 Å². The molecule has 118 valence electrons. The maximum atomic E-state index is 14.0. The molecule has 0 aromatic heterocycles. The van der Waals surface area contributed by atoms with E-state index in [0.717, 1.165) is 0 Å². The van der Waals surface area contributed by atoms with Gasteiger partial charge in [0.15, 0.2) is 6.10 Å². The van der Waals surface area contributed by atoms with Crippen LogP contribution in [0.15, 0.2) is 18.2 Å². The number of nitrogens with zero attached hydrogens (tertiary/aromatic N) is 1. The molecule has 0 saturated carbocycles. The summed E-state index contributed by atoms with van der Waals surface area (Å²) in [6.07, 6.45) is -0.628. The molecule has 4 nitrogen and oxygen atoms in total. The third-order valence-corrected chi connectivity index (χ3v) is 3.61. The third-order valence-electron chi connectivity index (χ3n) is 3.61. The summed E-state index contributed by atoms with van der Waals surface area (Å²) in [5.74, 6) is -0.0579. The van der Waals surface area contributed by atoms with Crippen LogP contribution in [0.5, 0.6) is 5.75 Å². The van der Waals surface area contributed by atoms with Gasteiger partial charge in [0.1, 0.15) is 11.6 Å². The van der Waals surface area contributed by atoms with Crippen molar-refractivity contribution in [2.24, 2.45) is 0 Å². The second-order valence-electron chi connectivity index (χ2n) is 4.96. The van der Waals surface area contributed by atoms with Crippen molar-refractivity contribution in [1.29, 1.82) is 0 Å². The van der Waals surface area contributed by atoms with Gasteiger partial charge in [-0.1, -0.05) is 6.07 Å². The molecule has 1 aromatic carbocycles. The van der Waals surface area contributed by atoms with Gasteiger partial charge in [0.2, 0.25) is 0 Å². The number of nitrogens with one attached hydrogen (secondary N) is 1. The van der Waals surface area contributed by atoms with Crippen molar-refractivity contribution in [1.82, 2.24) is 10.2 Å². The molecular formula is C16H25FN2O2. The first kappa shape index (κ1) is 17.4. The summed E-state index contributed by atoms with van der Waals surface area (Å²) in [5, 5.41) is 2.99. The maximum absolute atomic E-state index is 14.0. The summed E-state index contributed by atoms with van der Waals surface area (Å²) in [5.41, 5.74) is 0.576. The average molecular weight is 296 g/mol. The number of benzene rings is 1. The summed E-state index contributed by atoms with van der Waals surface area (Å²) in [4.78, 5) is 13.8. The van der Waals surface area contributed by atoms with Crippen LogP contribution in [-0.2, 0) is 4.79 Å². The van der Waals surface area contributed by atoms with Gasteiger partial charge >= 0.3 is 0 Å². The lowest BCUT2D eigenvalue weighted by atomic mass is 10.1. The van der Waals surface area contributed by atoms with Crippen molar-refractivity contribution < 1.29 is 13.9 Å². The Balaban J connectivity index is 2.79. The monoisotopic (exact) mass is 296 g/mol. The fraction of sp³-hybridized carbons (Fsp3) is 0.562. The number of amides is 1. The molecule has 0 spiro atoms. The van der Waals surface area contributed by atoms with Crippen LogP contribution >= 0.6 is 0 Å². The highest BCUT2D eigenvalue weighted by atomic mass is 19.1. The summed E-state index contributed by atoms with van der Waals surface area (Å²) < 4.78 is 19.6. The SMILES string of the molecule is CCN(CC)C(=O)C(C)Oc1ccc(C(C)NC)c(F)c1. The fourth-order valence-electron chi connectivity index (χ4n) is 2.13. The minimum atomic E-state index is -0.628. The second-order valence-corrected chi connectivity index (χ2v) is 4.96. The van der Waals surface area contributed by atoms with Gasteiger partial charge in [-0.05, 0) is 40.8 Å². The van der Waals surface area contributed by atoms with E-state index in [-0.39, 0.29) is 17.8 Å². The van der Waals surface area contributed by atoms with Crippen LogP contribution in [0, 0.1) is 5.82 Å². The van der Waals surface area contributed by atoms with Crippen molar-refractivity contribution in [3.05, 3.63) is 29.6 Å². The lowest BCUT2D eigenvalue weighted by Crippen LogP contribution is -2.40. The number of ether oxygens (including phenoxy) is 1. The predicted molar refractivity (Wildman–Crippen MR) is 81.9 cm³/mol. The Kier molecular flexibility index (Phi) is 6.62. The molecule has 0 heterocycles. The van der Waals surface area contributed by atoms with Crippen LogP contribution in [0.25, 0.3) is 0 Å². The summed E-state index contributed by atoms with van der Waals surface area (Å²) in [6.45, 7) is 8.67. The van der Waals surface area contributed by atoms with Crippen LogP contribution in [-0.4, -0.2) is 37.0 Å². The van der Waals surface area contributed by atoms with Crippen molar-refractivity contribution in [2.75, 3.05) is 20.1 Å². The van der Waals surface area contributed by atoms with Crippen molar-refractivity contribution in [2.45, 2.75) is 39.8 Å². The van der Waals surface area contributed by atoms with Crippen LogP contribution in [0.3, 0.4) is 0 Å². The maximum Gasteiger partial charge on any atom is 0.263 e. The highest BCUT2D eigenvalue weighted by Crippen LogP contribution is 2.22. The Morgan fingerprint density at radius 3 is 2.43 bits per heavy atom. The number of hydrogen-bond acceptors (Lipinski definition) is 3. The molecule has 0 radical (unpaired) electrons. The number of likely N-dealkylation sites (N-methyl/N-ethyl adjacent to an activating group) is 1. The molecule has 2 unspecified atom stereocenters. The molecule has 0 saturated heterocycles. The number of rotatable bonds is 7. The molecule has 2 atom stereocenters. The normalized spacial score (nSPS) is 13.6. The first-order chi connectivity index (χ1) is 9.94. The Labute approximate surface area is 126 Å². The Morgan fingerprint density at radius 2 is 1.95 bits per heavy atom. The number of carbonyl (C=O) groups is 1. The molecule has 1 aromatic rings. The van der Waals surface area contributed by atoms with Crippen molar-refractivity contribution >= 4 is 5.91 Å². The summed E-state index contributed by atoms with van der Waals surface area (Å²) in [6, 6.07) is 4.63. The molecule has 0 aliphatic heterocycles. The first-order valence-corrected chi connectivity index (χ1v) is 7.36. The number of halogens is 1. The third kappa shape index (κ3) is 4.43. The Bertz CT molecular complexity index is 475. The molecule has 1 amide bonds. The van der Waals surface area contributed by atoms with Crippen LogP contribution in [0.2, 0.25) is 0 Å². The van der Waals surface area contributed by atoms with Gasteiger partial charge in [0.25, 0.3) is 5.91 Å². The zero-order valence-corrected chi connectivity index (χ0v) is 13.4. The van der Waals surface area contributed by atoms with Gasteiger partial charge in [-0.2, -0.15) is 0 Å². The van der Waals surface area contributed by atoms with Gasteiger partial charge in [-0.3, -0.25) is 4.79 Å². The standard InChI is InChI=1S/C16H25FN2O2/c1-6-19(7-2)16(20)12(4)21-13-8-9-14(11(3)18-5)15(17)10-13/h8-12,18H,6-7H2,1-5H3. The predicted octanol–water partition coefficient (Wildman–Crippen LogP) is 2.74. The second kappa shape index (κ2) is 7.98. The van der Waals surface area contributed by atoms with E-state index in [1.54, 1.807) is 31.0 Å². The fourth-order valence-corrected chi connectivity index (χ4v) is 2.13. The lowest BCUT2D eigenvalue weighted by molar-refractivity contribution is -0.137. The highest BCUT2D eigenvalue weighted by molar-refractivity contribution is 5.80. The molecule has 0 aliphatic rings. The largest absolute Gasteiger partial charge is 0.481 e. The van der Waals surface area contributed by atoms with Crippen LogP contribution < -0.4 is 10.1 Å². The molecule has 21 heavy (non-hydrogen) atoms. The van der Waals surface area contributed by atoms with Crippen LogP contribution in [0.1, 0.15) is 39.3 Å². The molecule has 0 fully saturated rings. The van der Waals surface area contributed by atoms with E-state index < -0.39 is 6.10 Å². The van der Waals surface area contributed by atoms with E-state index in [2.05, 4.69) is 5.32 Å². The zero-order valence-electron chi connectivity index (χ0n) is 13.4. The summed E-state index contributed by atoms with van der Waals surface area (Å²) >= 11 is 0. The summed E-state index contributed by atoms with van der Waals surface area (Å²) in [7, 11) is 1.78. The van der Waals surface area contributed by atoms with Gasteiger partial charge < -0.3 is 15.0 Å². The van der Waals surface area contributed by atoms with Gasteiger partial charge in [0, 0.05) is 30.8 Å². The van der Waals surface area contributed by atoms with Gasteiger partial charge in [-0.15, -0.1) is 0 Å². The minimum absolute atomic E-state index is 0.0752. The Hall–Kier alpha value is -1.62. The van der Waals surface area contributed by atoms with Crippen LogP contribution in [0.4, 0.5) is 4.39 Å². The minimum Gasteiger partial charge on any atom is -0.481 e. The smallest absolute Gasteiger partial charge is 0.263 e. The van der Waals surface area contributed by atoms with E-state index in [0.29, 0.717) is 24.4 Å². The number of hydrogen-bond donors (Lipinski definition) is 1. The molecule has 5 heteroatoms. The Morgan fingerprint density at radius 1 is 1.33 bits per heavy atom. The molecule has 0 bridgehead atoms. The van der Waals surface area contributed by atoms with Crippen molar-refractivity contribution in [3.63, 3.8) is 0 Å². The first-order valence-electron chi connectivity index (χ1n) is 7.36. The number of carbonyl (C=O) groups excluding carboxylic acids is 1. The average Bonchev–Trinajstić information content (AvgIpc) is 2.47. The lowest BCUT2D eigenvalue weighted by Gasteiger charge is -2.23. The molecule has 0 aliphatic carbocycles. The van der Waals surface area contributed by atoms with E-state index in [1.807, 2.05) is 20.8 Å².